The average molecular weight is 75.7 g/mol. The van der Waals surface area contributed by atoms with E-state index in [9.17, 15) is 0 Å². The Morgan fingerprint density at radius 3 is 2.17 bits per heavy atom. The lowest BCUT2D eigenvalue weighted by molar-refractivity contribution is 1.19. The largest absolute Gasteiger partial charge is 0.125 e. The lowest BCUT2D eigenvalue weighted by atomic mass is 9.88. The van der Waals surface area contributed by atoms with E-state index in [0.717, 1.165) is 6.42 Å². The third kappa shape index (κ3) is 3.87. The molecule has 0 amide bonds. The Balaban J connectivity index is 2.83. The lowest BCUT2D eigenvalue weighted by Gasteiger charge is -1.87. The second kappa shape index (κ2) is 3.08. The van der Waals surface area contributed by atoms with Gasteiger partial charge in [-0.1, -0.05) is 6.32 Å². The molecule has 28 valence electrons. The molecule has 0 unspecified atom stereocenters. The lowest BCUT2D eigenvalue weighted by Crippen LogP contribution is -1.75. The predicted octanol–water partition coefficient (Wildman–Crippen LogP) is 0.645. The minimum absolute atomic E-state index is 0.606. The molecule has 0 spiro atoms. The van der Waals surface area contributed by atoms with Gasteiger partial charge in [0.05, 0.1) is 7.85 Å². The highest BCUT2D eigenvalue weighted by molar-refractivity contribution is 6.21. The number of hydrogen-bond acceptors (Lipinski definition) is 0. The summed E-state index contributed by atoms with van der Waals surface area (Å²) in [5, 5.41) is 0. The van der Waals surface area contributed by atoms with Gasteiger partial charge in [-0.15, -0.1) is 12.1 Å². The van der Waals surface area contributed by atoms with Gasteiger partial charge in [0.15, 0.2) is 0 Å². The van der Waals surface area contributed by atoms with Crippen molar-refractivity contribution in [3.05, 3.63) is 12.1 Å². The van der Waals surface area contributed by atoms with Crippen LogP contribution in [0.1, 0.15) is 6.42 Å². The van der Waals surface area contributed by atoms with Crippen LogP contribution in [0.25, 0.3) is 0 Å². The van der Waals surface area contributed by atoms with Crippen LogP contribution in [0.2, 0.25) is 6.32 Å². The molecule has 0 fully saturated rings. The van der Waals surface area contributed by atoms with E-state index in [1.165, 1.54) is 0 Å². The quantitative estimate of drug-likeness (QED) is 0.423. The molecule has 0 nitrogen and oxygen atoms in total. The molecule has 2 heteroatoms. The molecular formula is C4H6B2. The van der Waals surface area contributed by atoms with Crippen molar-refractivity contribution in [3.63, 3.8) is 0 Å². The Morgan fingerprint density at radius 1 is 1.67 bits per heavy atom. The molecule has 0 aromatic heterocycles. The Hall–Kier alpha value is -0.130. The molecular weight excluding hydrogens is 69.7 g/mol. The molecule has 6 heavy (non-hydrogen) atoms. The highest BCUT2D eigenvalue weighted by Crippen LogP contribution is 1.91. The van der Waals surface area contributed by atoms with Crippen molar-refractivity contribution in [3.8, 4) is 0 Å². The van der Waals surface area contributed by atoms with E-state index in [1.54, 1.807) is 0 Å². The van der Waals surface area contributed by atoms with Crippen molar-refractivity contribution in [2.75, 3.05) is 0 Å². The first-order valence-electron chi connectivity index (χ1n) is 1.90. The zero-order valence-electron chi connectivity index (χ0n) is 3.78. The monoisotopic (exact) mass is 76.1 g/mol. The number of hydrogen-bond donors (Lipinski definition) is 0. The summed E-state index contributed by atoms with van der Waals surface area (Å²) < 4.78 is 0. The summed E-state index contributed by atoms with van der Waals surface area (Å²) in [6.07, 6.45) is 1.34. The molecule has 0 saturated carbocycles. The maximum atomic E-state index is 5.13. The molecule has 0 aliphatic heterocycles. The smallest absolute Gasteiger partial charge is 0.106 e. The first kappa shape index (κ1) is 5.87. The van der Waals surface area contributed by atoms with E-state index in [-0.39, 0.29) is 0 Å². The molecule has 0 aromatic carbocycles. The zero-order valence-corrected chi connectivity index (χ0v) is 3.78. The molecule has 0 atom stereocenters. The van der Waals surface area contributed by atoms with Gasteiger partial charge in [0.25, 0.3) is 0 Å². The van der Waals surface area contributed by atoms with Crippen LogP contribution in [0.15, 0.2) is 12.1 Å². The van der Waals surface area contributed by atoms with E-state index < -0.39 is 0 Å². The van der Waals surface area contributed by atoms with Crippen LogP contribution in [-0.4, -0.2) is 15.7 Å². The van der Waals surface area contributed by atoms with Crippen LogP contribution < -0.4 is 0 Å². The van der Waals surface area contributed by atoms with E-state index in [4.69, 9.17) is 15.7 Å². The second-order valence-corrected chi connectivity index (χ2v) is 1.20. The summed E-state index contributed by atoms with van der Waals surface area (Å²) in [6.45, 7) is 3.44. The normalized spacial score (nSPS) is 8.00. The first-order valence-corrected chi connectivity index (χ1v) is 1.90. The van der Waals surface area contributed by atoms with Crippen LogP contribution >= 0.6 is 0 Å². The van der Waals surface area contributed by atoms with Gasteiger partial charge in [0, 0.05) is 0 Å². The van der Waals surface area contributed by atoms with Gasteiger partial charge in [-0.05, 0) is 6.42 Å². The van der Waals surface area contributed by atoms with Gasteiger partial charge in [0.1, 0.15) is 7.85 Å². The fraction of sp³-hybridized carbons (Fsp3) is 0.500. The minimum Gasteiger partial charge on any atom is -0.125 e. The summed E-state index contributed by atoms with van der Waals surface area (Å²) in [5.41, 5.74) is 0.664. The molecule has 0 saturated heterocycles. The molecule has 0 bridgehead atoms. The van der Waals surface area contributed by atoms with Crippen LogP contribution in [0.5, 0.6) is 0 Å². The zero-order chi connectivity index (χ0) is 4.99. The average Bonchev–Trinajstić information content (AvgIpc) is 1.35. The molecule has 0 heterocycles. The highest BCUT2D eigenvalue weighted by Gasteiger charge is 1.75. The maximum absolute atomic E-state index is 5.13. The first-order chi connectivity index (χ1) is 2.77. The van der Waals surface area contributed by atoms with E-state index in [2.05, 4.69) is 6.58 Å². The fourth-order valence-corrected chi connectivity index (χ4v) is 0.185. The van der Waals surface area contributed by atoms with Crippen LogP contribution in [0, 0.1) is 0 Å². The standard InChI is InChI=1S/C4H6B2/c1-4(6)2-3-5/h1-3H2. The van der Waals surface area contributed by atoms with Crippen LogP contribution in [0.4, 0.5) is 0 Å². The summed E-state index contributed by atoms with van der Waals surface area (Å²) in [5.74, 6) is 0. The van der Waals surface area contributed by atoms with Gasteiger partial charge in [0.2, 0.25) is 0 Å². The van der Waals surface area contributed by atoms with E-state index in [1.807, 2.05) is 0 Å². The van der Waals surface area contributed by atoms with Crippen molar-refractivity contribution in [1.82, 2.24) is 0 Å². The Labute approximate surface area is 41.4 Å². The van der Waals surface area contributed by atoms with E-state index in [0.29, 0.717) is 11.8 Å². The predicted molar refractivity (Wildman–Crippen MR) is 30.1 cm³/mol. The van der Waals surface area contributed by atoms with Gasteiger partial charge < -0.3 is 0 Å². The minimum atomic E-state index is 0.606. The summed E-state index contributed by atoms with van der Waals surface area (Å²) in [4.78, 5) is 0. The topological polar surface area (TPSA) is 0 Å². The van der Waals surface area contributed by atoms with Crippen molar-refractivity contribution in [2.24, 2.45) is 0 Å². The molecule has 4 radical (unpaired) electrons. The Kier molecular flexibility index (Phi) is 3.01. The number of rotatable bonds is 2. The fourth-order valence-electron chi connectivity index (χ4n) is 0.185. The van der Waals surface area contributed by atoms with Crippen molar-refractivity contribution < 1.29 is 0 Å². The summed E-state index contributed by atoms with van der Waals surface area (Å²) in [6, 6.07) is 0. The molecule has 0 aliphatic carbocycles. The van der Waals surface area contributed by atoms with Gasteiger partial charge in [-0.3, -0.25) is 0 Å². The van der Waals surface area contributed by atoms with Crippen LogP contribution in [0.3, 0.4) is 0 Å². The van der Waals surface area contributed by atoms with Crippen molar-refractivity contribution in [1.29, 1.82) is 0 Å². The molecule has 0 N–H and O–H groups in total. The summed E-state index contributed by atoms with van der Waals surface area (Å²) in [7, 11) is 10.2. The van der Waals surface area contributed by atoms with Gasteiger partial charge in [-0.2, -0.15) is 0 Å². The van der Waals surface area contributed by atoms with Gasteiger partial charge in [-0.25, -0.2) is 0 Å². The van der Waals surface area contributed by atoms with E-state index >= 15 is 0 Å². The maximum Gasteiger partial charge on any atom is 0.106 e. The third-order valence-electron chi connectivity index (χ3n) is 0.465. The Bertz CT molecular complexity index is 49.5. The number of allylic oxidation sites excluding steroid dienone is 1. The molecule has 0 aromatic rings. The van der Waals surface area contributed by atoms with Crippen molar-refractivity contribution in [2.45, 2.75) is 12.7 Å². The van der Waals surface area contributed by atoms with Crippen molar-refractivity contribution >= 4 is 15.7 Å². The third-order valence-corrected chi connectivity index (χ3v) is 0.465. The SMILES string of the molecule is [B]CCC([B])=C. The summed E-state index contributed by atoms with van der Waals surface area (Å²) >= 11 is 0. The molecule has 0 rings (SSSR count). The van der Waals surface area contributed by atoms with Crippen LogP contribution in [-0.2, 0) is 0 Å². The van der Waals surface area contributed by atoms with Gasteiger partial charge >= 0.3 is 0 Å². The Morgan fingerprint density at radius 2 is 2.17 bits per heavy atom. The highest BCUT2D eigenvalue weighted by atomic mass is 13.7. The molecule has 0 aliphatic rings. The second-order valence-electron chi connectivity index (χ2n) is 1.20.